The summed E-state index contributed by atoms with van der Waals surface area (Å²) in [7, 11) is 0. The summed E-state index contributed by atoms with van der Waals surface area (Å²) in [6.45, 7) is 2.00. The Morgan fingerprint density at radius 2 is 2.25 bits per heavy atom. The first-order valence-corrected chi connectivity index (χ1v) is 7.58. The topological polar surface area (TPSA) is 53.6 Å². The van der Waals surface area contributed by atoms with Crippen molar-refractivity contribution in [1.82, 2.24) is 20.3 Å². The maximum Gasteiger partial charge on any atom is 0.141 e. The van der Waals surface area contributed by atoms with E-state index in [1.807, 2.05) is 11.6 Å². The van der Waals surface area contributed by atoms with Gasteiger partial charge in [-0.1, -0.05) is 6.08 Å². The minimum Gasteiger partial charge on any atom is -0.346 e. The van der Waals surface area contributed by atoms with E-state index in [2.05, 4.69) is 44.7 Å². The highest BCUT2D eigenvalue weighted by Crippen LogP contribution is 2.29. The van der Waals surface area contributed by atoms with Crippen LogP contribution in [0.1, 0.15) is 12.0 Å². The van der Waals surface area contributed by atoms with Crippen LogP contribution in [0.5, 0.6) is 0 Å². The summed E-state index contributed by atoms with van der Waals surface area (Å²) in [5, 5.41) is 7.47. The van der Waals surface area contributed by atoms with Gasteiger partial charge in [-0.15, -0.1) is 11.3 Å². The highest BCUT2D eigenvalue weighted by molar-refractivity contribution is 7.13. The number of nitrogens with zero attached hydrogens (tertiary/aromatic N) is 2. The van der Waals surface area contributed by atoms with Crippen molar-refractivity contribution < 1.29 is 0 Å². The molecule has 0 saturated heterocycles. The number of aromatic amines is 1. The van der Waals surface area contributed by atoms with Crippen LogP contribution in [0.15, 0.2) is 36.0 Å². The van der Waals surface area contributed by atoms with Crippen LogP contribution >= 0.6 is 11.3 Å². The molecule has 5 heteroatoms. The zero-order valence-corrected chi connectivity index (χ0v) is 11.7. The normalized spacial score (nSPS) is 15.5. The Hall–Kier alpha value is -1.98. The third-order valence-electron chi connectivity index (χ3n) is 3.60. The van der Waals surface area contributed by atoms with Gasteiger partial charge in [-0.2, -0.15) is 0 Å². The Kier molecular flexibility index (Phi) is 2.86. The van der Waals surface area contributed by atoms with Crippen molar-refractivity contribution in [3.05, 3.63) is 41.5 Å². The quantitative estimate of drug-likeness (QED) is 0.759. The first kappa shape index (κ1) is 11.8. The second-order valence-electron chi connectivity index (χ2n) is 4.82. The fraction of sp³-hybridized carbons (Fsp3) is 0.200. The lowest BCUT2D eigenvalue weighted by molar-refractivity contribution is 0.739. The molecule has 100 valence electrons. The lowest BCUT2D eigenvalue weighted by atomic mass is 10.0. The molecule has 4 rings (SSSR count). The van der Waals surface area contributed by atoms with Crippen molar-refractivity contribution in [3.8, 4) is 10.7 Å². The van der Waals surface area contributed by atoms with Crippen molar-refractivity contribution in [1.29, 1.82) is 0 Å². The highest BCUT2D eigenvalue weighted by Gasteiger charge is 2.12. The maximum atomic E-state index is 4.68. The van der Waals surface area contributed by atoms with E-state index in [0.717, 1.165) is 35.9 Å². The Morgan fingerprint density at radius 3 is 3.05 bits per heavy atom. The number of hydrogen-bond acceptors (Lipinski definition) is 4. The van der Waals surface area contributed by atoms with E-state index in [4.69, 9.17) is 0 Å². The van der Waals surface area contributed by atoms with Gasteiger partial charge >= 0.3 is 0 Å². The monoisotopic (exact) mass is 282 g/mol. The van der Waals surface area contributed by atoms with E-state index < -0.39 is 0 Å². The summed E-state index contributed by atoms with van der Waals surface area (Å²) >= 11 is 1.61. The summed E-state index contributed by atoms with van der Waals surface area (Å²) in [5.41, 5.74) is 4.55. The van der Waals surface area contributed by atoms with Crippen molar-refractivity contribution in [2.75, 3.05) is 13.1 Å². The Morgan fingerprint density at radius 1 is 1.25 bits per heavy atom. The number of aromatic nitrogens is 3. The molecule has 0 spiro atoms. The summed E-state index contributed by atoms with van der Waals surface area (Å²) < 4.78 is 0. The predicted molar refractivity (Wildman–Crippen MR) is 82.7 cm³/mol. The number of rotatable bonds is 2. The SMILES string of the molecule is C1=C(c2c[nH]c3nc(-c4nccs4)ccc23)CCNC1. The van der Waals surface area contributed by atoms with Gasteiger partial charge in [0.05, 0.1) is 0 Å². The number of hydrogen-bond donors (Lipinski definition) is 2. The maximum absolute atomic E-state index is 4.68. The molecule has 0 aliphatic carbocycles. The zero-order chi connectivity index (χ0) is 13.4. The lowest BCUT2D eigenvalue weighted by Crippen LogP contribution is -2.19. The molecule has 1 aliphatic heterocycles. The largest absolute Gasteiger partial charge is 0.346 e. The van der Waals surface area contributed by atoms with Crippen LogP contribution in [-0.2, 0) is 0 Å². The van der Waals surface area contributed by atoms with Crippen LogP contribution in [-0.4, -0.2) is 28.0 Å². The van der Waals surface area contributed by atoms with Crippen molar-refractivity contribution in [3.63, 3.8) is 0 Å². The first-order chi connectivity index (χ1) is 9.92. The molecule has 0 atom stereocenters. The van der Waals surface area contributed by atoms with Crippen LogP contribution in [0.2, 0.25) is 0 Å². The molecule has 2 N–H and O–H groups in total. The number of thiazole rings is 1. The molecular weight excluding hydrogens is 268 g/mol. The van der Waals surface area contributed by atoms with Gasteiger partial charge in [-0.25, -0.2) is 9.97 Å². The first-order valence-electron chi connectivity index (χ1n) is 6.70. The van der Waals surface area contributed by atoms with Gasteiger partial charge in [-0.05, 0) is 30.7 Å². The molecule has 3 aromatic rings. The lowest BCUT2D eigenvalue weighted by Gasteiger charge is -2.13. The van der Waals surface area contributed by atoms with Crippen LogP contribution in [0.25, 0.3) is 27.3 Å². The van der Waals surface area contributed by atoms with Crippen molar-refractivity contribution >= 4 is 27.9 Å². The van der Waals surface area contributed by atoms with Gasteiger partial charge in [0.25, 0.3) is 0 Å². The van der Waals surface area contributed by atoms with Gasteiger partial charge in [0.2, 0.25) is 0 Å². The smallest absolute Gasteiger partial charge is 0.141 e. The number of pyridine rings is 1. The van der Waals surface area contributed by atoms with Gasteiger partial charge in [-0.3, -0.25) is 0 Å². The molecule has 4 nitrogen and oxygen atoms in total. The molecule has 0 amide bonds. The van der Waals surface area contributed by atoms with E-state index in [9.17, 15) is 0 Å². The molecule has 0 radical (unpaired) electrons. The molecule has 0 aromatic carbocycles. The fourth-order valence-corrected chi connectivity index (χ4v) is 3.21. The minimum atomic E-state index is 0.931. The van der Waals surface area contributed by atoms with E-state index in [1.165, 1.54) is 16.5 Å². The Bertz CT molecular complexity index is 770. The Balaban J connectivity index is 1.80. The molecule has 20 heavy (non-hydrogen) atoms. The summed E-state index contributed by atoms with van der Waals surface area (Å²) in [4.78, 5) is 12.3. The molecular formula is C15H14N4S. The predicted octanol–water partition coefficient (Wildman–Crippen LogP) is 3.06. The van der Waals surface area contributed by atoms with E-state index in [-0.39, 0.29) is 0 Å². The van der Waals surface area contributed by atoms with Crippen LogP contribution in [0, 0.1) is 0 Å². The summed E-state index contributed by atoms with van der Waals surface area (Å²) in [5.74, 6) is 0. The van der Waals surface area contributed by atoms with Crippen LogP contribution < -0.4 is 5.32 Å². The third kappa shape index (κ3) is 1.95. The van der Waals surface area contributed by atoms with Gasteiger partial charge in [0, 0.05) is 35.3 Å². The summed E-state index contributed by atoms with van der Waals surface area (Å²) in [6, 6.07) is 4.20. The van der Waals surface area contributed by atoms with Crippen LogP contribution in [0.4, 0.5) is 0 Å². The second-order valence-corrected chi connectivity index (χ2v) is 5.71. The Labute approximate surface area is 120 Å². The molecule has 0 fully saturated rings. The summed E-state index contributed by atoms with van der Waals surface area (Å²) in [6.07, 6.45) is 7.22. The average molecular weight is 282 g/mol. The van der Waals surface area contributed by atoms with E-state index in [0.29, 0.717) is 0 Å². The number of H-pyrrole nitrogens is 1. The van der Waals surface area contributed by atoms with Crippen molar-refractivity contribution in [2.45, 2.75) is 6.42 Å². The molecule has 3 aromatic heterocycles. The fourth-order valence-electron chi connectivity index (χ4n) is 2.61. The van der Waals surface area contributed by atoms with Gasteiger partial charge in [0.15, 0.2) is 0 Å². The zero-order valence-electron chi connectivity index (χ0n) is 10.9. The number of fused-ring (bicyclic) bond motifs is 1. The highest BCUT2D eigenvalue weighted by atomic mass is 32.1. The number of nitrogens with one attached hydrogen (secondary N) is 2. The van der Waals surface area contributed by atoms with Crippen LogP contribution in [0.3, 0.4) is 0 Å². The molecule has 0 bridgehead atoms. The average Bonchev–Trinajstić information content (AvgIpc) is 3.17. The second kappa shape index (κ2) is 4.85. The minimum absolute atomic E-state index is 0.931. The van der Waals surface area contributed by atoms with Crippen molar-refractivity contribution in [2.24, 2.45) is 0 Å². The van der Waals surface area contributed by atoms with Gasteiger partial charge in [0.1, 0.15) is 16.3 Å². The molecule has 0 unspecified atom stereocenters. The molecule has 1 aliphatic rings. The van der Waals surface area contributed by atoms with E-state index >= 15 is 0 Å². The third-order valence-corrected chi connectivity index (χ3v) is 4.40. The van der Waals surface area contributed by atoms with E-state index in [1.54, 1.807) is 11.3 Å². The molecule has 4 heterocycles. The standard InChI is InChI=1S/C15H14N4S/c1-2-13(15-17-7-8-20-15)19-14-11(1)12(9-18-14)10-3-5-16-6-4-10/h1-3,7-9,16H,4-6H2,(H,18,19). The van der Waals surface area contributed by atoms with Gasteiger partial charge < -0.3 is 10.3 Å². The molecule has 0 saturated carbocycles.